The van der Waals surface area contributed by atoms with Gasteiger partial charge in [-0.3, -0.25) is 0 Å². The number of hydrogen-bond donors (Lipinski definition) is 0. The molecule has 0 bridgehead atoms. The van der Waals surface area contributed by atoms with Gasteiger partial charge in [0.15, 0.2) is 0 Å². The molecule has 0 atom stereocenters. The van der Waals surface area contributed by atoms with Crippen molar-refractivity contribution in [1.82, 2.24) is 0 Å². The van der Waals surface area contributed by atoms with E-state index in [9.17, 15) is 0 Å². The van der Waals surface area contributed by atoms with Crippen LogP contribution in [0.25, 0.3) is 0 Å². The van der Waals surface area contributed by atoms with E-state index in [4.69, 9.17) is 21.6 Å². The van der Waals surface area contributed by atoms with Gasteiger partial charge in [-0.1, -0.05) is 19.0 Å². The SMILES string of the molecule is C.CCOc1ccc(C#N)cc1Cl. The zero-order valence-corrected chi connectivity index (χ0v) is 7.43. The molecule has 0 aromatic heterocycles. The van der Waals surface area contributed by atoms with Crippen molar-refractivity contribution in [1.29, 1.82) is 5.26 Å². The van der Waals surface area contributed by atoms with Crippen LogP contribution >= 0.6 is 11.6 Å². The van der Waals surface area contributed by atoms with Crippen LogP contribution in [0.3, 0.4) is 0 Å². The Kier molecular flexibility index (Phi) is 4.94. The van der Waals surface area contributed by atoms with Crippen LogP contribution in [0, 0.1) is 11.3 Å². The normalized spacial score (nSPS) is 8.38. The number of benzene rings is 1. The van der Waals surface area contributed by atoms with Crippen LogP contribution in [0.5, 0.6) is 5.75 Å². The molecule has 0 N–H and O–H groups in total. The molecule has 0 radical (unpaired) electrons. The monoisotopic (exact) mass is 197 g/mol. The Morgan fingerprint density at radius 3 is 2.69 bits per heavy atom. The minimum atomic E-state index is 0. The Balaban J connectivity index is 0.00000144. The first-order valence-electron chi connectivity index (χ1n) is 3.60. The maximum Gasteiger partial charge on any atom is 0.137 e. The summed E-state index contributed by atoms with van der Waals surface area (Å²) in [5, 5.41) is 9.02. The Bertz CT molecular complexity index is 317. The third-order valence-electron chi connectivity index (χ3n) is 1.36. The van der Waals surface area contributed by atoms with Gasteiger partial charge in [0.05, 0.1) is 23.3 Å². The van der Waals surface area contributed by atoms with Gasteiger partial charge in [-0.05, 0) is 25.1 Å². The number of hydrogen-bond acceptors (Lipinski definition) is 2. The highest BCUT2D eigenvalue weighted by Crippen LogP contribution is 2.24. The molecule has 0 unspecified atom stereocenters. The van der Waals surface area contributed by atoms with Crippen molar-refractivity contribution in [3.63, 3.8) is 0 Å². The number of halogens is 1. The zero-order chi connectivity index (χ0) is 8.97. The third-order valence-corrected chi connectivity index (χ3v) is 1.66. The van der Waals surface area contributed by atoms with E-state index in [0.29, 0.717) is 22.9 Å². The summed E-state index contributed by atoms with van der Waals surface area (Å²) >= 11 is 5.81. The summed E-state index contributed by atoms with van der Waals surface area (Å²) in [5.74, 6) is 0.623. The number of rotatable bonds is 2. The molecule has 0 heterocycles. The van der Waals surface area contributed by atoms with Crippen LogP contribution in [0.2, 0.25) is 5.02 Å². The van der Waals surface area contributed by atoms with Crippen LogP contribution in [0.4, 0.5) is 0 Å². The van der Waals surface area contributed by atoms with Crippen molar-refractivity contribution in [3.05, 3.63) is 28.8 Å². The molecule has 0 saturated heterocycles. The lowest BCUT2D eigenvalue weighted by Gasteiger charge is -2.04. The van der Waals surface area contributed by atoms with Crippen LogP contribution in [0.1, 0.15) is 19.9 Å². The van der Waals surface area contributed by atoms with Gasteiger partial charge in [-0.2, -0.15) is 5.26 Å². The molecule has 3 heteroatoms. The minimum Gasteiger partial charge on any atom is -0.492 e. The van der Waals surface area contributed by atoms with Gasteiger partial charge in [-0.15, -0.1) is 0 Å². The van der Waals surface area contributed by atoms with Crippen LogP contribution in [-0.2, 0) is 0 Å². The lowest BCUT2D eigenvalue weighted by atomic mass is 10.2. The number of nitriles is 1. The smallest absolute Gasteiger partial charge is 0.137 e. The Hall–Kier alpha value is -1.20. The molecule has 1 rings (SSSR count). The zero-order valence-electron chi connectivity index (χ0n) is 6.67. The average molecular weight is 198 g/mol. The largest absolute Gasteiger partial charge is 0.492 e. The fourth-order valence-corrected chi connectivity index (χ4v) is 1.08. The van der Waals surface area contributed by atoms with Crippen LogP contribution < -0.4 is 4.74 Å². The first kappa shape index (κ1) is 11.8. The number of ether oxygens (including phenoxy) is 1. The molecule has 2 nitrogen and oxygen atoms in total. The Labute approximate surface area is 83.7 Å². The molecular formula is C10H12ClNO. The molecule has 0 aliphatic carbocycles. The quantitative estimate of drug-likeness (QED) is 0.729. The van der Waals surface area contributed by atoms with Gasteiger partial charge in [0, 0.05) is 0 Å². The van der Waals surface area contributed by atoms with E-state index < -0.39 is 0 Å². The highest BCUT2D eigenvalue weighted by molar-refractivity contribution is 6.32. The molecule has 0 aliphatic heterocycles. The van der Waals surface area contributed by atoms with Gasteiger partial charge >= 0.3 is 0 Å². The maximum absolute atomic E-state index is 8.53. The molecule has 1 aromatic rings. The van der Waals surface area contributed by atoms with Crippen molar-refractivity contribution < 1.29 is 4.74 Å². The highest BCUT2D eigenvalue weighted by atomic mass is 35.5. The molecular weight excluding hydrogens is 186 g/mol. The highest BCUT2D eigenvalue weighted by Gasteiger charge is 2.00. The summed E-state index contributed by atoms with van der Waals surface area (Å²) in [4.78, 5) is 0. The fraction of sp³-hybridized carbons (Fsp3) is 0.300. The number of nitrogens with zero attached hydrogens (tertiary/aromatic N) is 1. The van der Waals surface area contributed by atoms with E-state index in [2.05, 4.69) is 0 Å². The first-order valence-corrected chi connectivity index (χ1v) is 3.98. The Morgan fingerprint density at radius 1 is 1.54 bits per heavy atom. The second-order valence-electron chi connectivity index (χ2n) is 2.19. The molecule has 0 fully saturated rings. The van der Waals surface area contributed by atoms with Crippen molar-refractivity contribution in [2.24, 2.45) is 0 Å². The van der Waals surface area contributed by atoms with E-state index >= 15 is 0 Å². The fourth-order valence-electron chi connectivity index (χ4n) is 0.843. The van der Waals surface area contributed by atoms with E-state index in [1.165, 1.54) is 0 Å². The van der Waals surface area contributed by atoms with Crippen LogP contribution in [0.15, 0.2) is 18.2 Å². The predicted molar refractivity (Wildman–Crippen MR) is 54.1 cm³/mol. The van der Waals surface area contributed by atoms with E-state index in [1.807, 2.05) is 13.0 Å². The van der Waals surface area contributed by atoms with Gasteiger partial charge < -0.3 is 4.74 Å². The first-order chi connectivity index (χ1) is 5.77. The van der Waals surface area contributed by atoms with Gasteiger partial charge in [0.25, 0.3) is 0 Å². The third kappa shape index (κ3) is 2.96. The summed E-state index contributed by atoms with van der Waals surface area (Å²) in [7, 11) is 0. The molecule has 0 saturated carbocycles. The summed E-state index contributed by atoms with van der Waals surface area (Å²) < 4.78 is 5.19. The van der Waals surface area contributed by atoms with Gasteiger partial charge in [0.2, 0.25) is 0 Å². The van der Waals surface area contributed by atoms with E-state index in [0.717, 1.165) is 0 Å². The standard InChI is InChI=1S/C9H8ClNO.CH4/c1-2-12-9-4-3-7(6-11)5-8(9)10;/h3-5H,2H2,1H3;1H4. The van der Waals surface area contributed by atoms with Crippen molar-refractivity contribution in [2.75, 3.05) is 6.61 Å². The molecule has 1 aromatic carbocycles. The lowest BCUT2D eigenvalue weighted by molar-refractivity contribution is 0.340. The van der Waals surface area contributed by atoms with Crippen molar-refractivity contribution in [3.8, 4) is 11.8 Å². The lowest BCUT2D eigenvalue weighted by Crippen LogP contribution is -1.92. The molecule has 0 amide bonds. The van der Waals surface area contributed by atoms with Gasteiger partial charge in [-0.25, -0.2) is 0 Å². The van der Waals surface area contributed by atoms with E-state index in [1.54, 1.807) is 18.2 Å². The average Bonchev–Trinajstić information content (AvgIpc) is 2.09. The summed E-state index contributed by atoms with van der Waals surface area (Å²) in [5.41, 5.74) is 0.545. The molecule has 0 spiro atoms. The van der Waals surface area contributed by atoms with E-state index in [-0.39, 0.29) is 7.43 Å². The van der Waals surface area contributed by atoms with Gasteiger partial charge in [0.1, 0.15) is 5.75 Å². The molecule has 70 valence electrons. The summed E-state index contributed by atoms with van der Waals surface area (Å²) in [6.45, 7) is 2.46. The summed E-state index contributed by atoms with van der Waals surface area (Å²) in [6, 6.07) is 6.96. The second-order valence-corrected chi connectivity index (χ2v) is 2.60. The second kappa shape index (κ2) is 5.45. The Morgan fingerprint density at radius 2 is 2.23 bits per heavy atom. The maximum atomic E-state index is 8.53. The minimum absolute atomic E-state index is 0. The molecule has 13 heavy (non-hydrogen) atoms. The topological polar surface area (TPSA) is 33.0 Å². The summed E-state index contributed by atoms with van der Waals surface area (Å²) in [6.07, 6.45) is 0. The molecule has 0 aliphatic rings. The predicted octanol–water partition coefficient (Wildman–Crippen LogP) is 3.25. The van der Waals surface area contributed by atoms with Crippen molar-refractivity contribution >= 4 is 11.6 Å². The van der Waals surface area contributed by atoms with Crippen molar-refractivity contribution in [2.45, 2.75) is 14.4 Å². The van der Waals surface area contributed by atoms with Crippen LogP contribution in [-0.4, -0.2) is 6.61 Å².